The Balaban J connectivity index is 2.82. The zero-order valence-electron chi connectivity index (χ0n) is 9.10. The minimum absolute atomic E-state index is 0.101. The van der Waals surface area contributed by atoms with Gasteiger partial charge in [0.2, 0.25) is 5.91 Å². The van der Waals surface area contributed by atoms with Gasteiger partial charge in [0.15, 0.2) is 0 Å². The molecule has 1 aromatic carbocycles. The molecule has 4 N–H and O–H groups in total. The summed E-state index contributed by atoms with van der Waals surface area (Å²) in [6.07, 6.45) is 0. The SMILES string of the molecule is CC(C)C(=O)N(N)c1ccc(CN)cc1. The van der Waals surface area contributed by atoms with Crippen molar-refractivity contribution in [1.29, 1.82) is 0 Å². The van der Waals surface area contributed by atoms with Gasteiger partial charge in [0.05, 0.1) is 5.69 Å². The van der Waals surface area contributed by atoms with Crippen LogP contribution in [0.3, 0.4) is 0 Å². The lowest BCUT2D eigenvalue weighted by Gasteiger charge is -2.18. The normalized spacial score (nSPS) is 10.5. The quantitative estimate of drug-likeness (QED) is 0.441. The number of hydrazine groups is 1. The van der Waals surface area contributed by atoms with Crippen molar-refractivity contribution in [2.75, 3.05) is 5.01 Å². The predicted octanol–water partition coefficient (Wildman–Crippen LogP) is 1.01. The van der Waals surface area contributed by atoms with Gasteiger partial charge < -0.3 is 5.73 Å². The van der Waals surface area contributed by atoms with E-state index in [2.05, 4.69) is 0 Å². The number of carbonyl (C=O) groups excluding carboxylic acids is 1. The number of hydrogen-bond donors (Lipinski definition) is 2. The molecule has 1 rings (SSSR count). The van der Waals surface area contributed by atoms with Crippen LogP contribution < -0.4 is 16.6 Å². The zero-order valence-corrected chi connectivity index (χ0v) is 9.10. The third kappa shape index (κ3) is 2.78. The molecule has 0 aliphatic heterocycles. The molecular weight excluding hydrogens is 190 g/mol. The molecule has 4 nitrogen and oxygen atoms in total. The molecule has 82 valence electrons. The monoisotopic (exact) mass is 207 g/mol. The van der Waals surface area contributed by atoms with Gasteiger partial charge in [-0.15, -0.1) is 0 Å². The van der Waals surface area contributed by atoms with Crippen molar-refractivity contribution >= 4 is 11.6 Å². The second kappa shape index (κ2) is 4.91. The number of benzene rings is 1. The van der Waals surface area contributed by atoms with Crippen molar-refractivity contribution < 1.29 is 4.79 Å². The summed E-state index contributed by atoms with van der Waals surface area (Å²) in [6.45, 7) is 4.12. The van der Waals surface area contributed by atoms with Crippen molar-refractivity contribution in [3.05, 3.63) is 29.8 Å². The van der Waals surface area contributed by atoms with E-state index in [0.29, 0.717) is 12.2 Å². The summed E-state index contributed by atoms with van der Waals surface area (Å²) in [7, 11) is 0. The summed E-state index contributed by atoms with van der Waals surface area (Å²) in [4.78, 5) is 11.6. The highest BCUT2D eigenvalue weighted by molar-refractivity contribution is 5.93. The second-order valence-corrected chi connectivity index (χ2v) is 3.73. The fourth-order valence-electron chi connectivity index (χ4n) is 1.20. The van der Waals surface area contributed by atoms with Crippen molar-refractivity contribution in [2.45, 2.75) is 20.4 Å². The van der Waals surface area contributed by atoms with E-state index in [0.717, 1.165) is 5.56 Å². The average molecular weight is 207 g/mol. The van der Waals surface area contributed by atoms with Gasteiger partial charge in [-0.1, -0.05) is 26.0 Å². The molecule has 0 spiro atoms. The molecule has 0 saturated heterocycles. The van der Waals surface area contributed by atoms with Crippen molar-refractivity contribution in [3.63, 3.8) is 0 Å². The van der Waals surface area contributed by atoms with E-state index >= 15 is 0 Å². The summed E-state index contributed by atoms with van der Waals surface area (Å²) in [6, 6.07) is 7.32. The Labute approximate surface area is 89.8 Å². The molecule has 0 aliphatic rings. The molecule has 4 heteroatoms. The summed E-state index contributed by atoms with van der Waals surface area (Å²) in [5.74, 6) is 5.47. The van der Waals surface area contributed by atoms with Gasteiger partial charge >= 0.3 is 0 Å². The Morgan fingerprint density at radius 1 is 1.33 bits per heavy atom. The van der Waals surface area contributed by atoms with Crippen LogP contribution in [0.1, 0.15) is 19.4 Å². The lowest BCUT2D eigenvalue weighted by molar-refractivity contribution is -0.121. The van der Waals surface area contributed by atoms with E-state index in [9.17, 15) is 4.79 Å². The third-order valence-electron chi connectivity index (χ3n) is 2.18. The molecule has 0 unspecified atom stereocenters. The Kier molecular flexibility index (Phi) is 3.82. The highest BCUT2D eigenvalue weighted by atomic mass is 16.2. The number of amides is 1. The Morgan fingerprint density at radius 3 is 2.27 bits per heavy atom. The van der Waals surface area contributed by atoms with E-state index in [1.165, 1.54) is 5.01 Å². The van der Waals surface area contributed by atoms with E-state index < -0.39 is 0 Å². The number of hydrogen-bond acceptors (Lipinski definition) is 3. The maximum atomic E-state index is 11.6. The minimum Gasteiger partial charge on any atom is -0.326 e. The van der Waals surface area contributed by atoms with E-state index in [1.807, 2.05) is 26.0 Å². The molecule has 0 radical (unpaired) electrons. The lowest BCUT2D eigenvalue weighted by atomic mass is 10.1. The average Bonchev–Trinajstić information content (AvgIpc) is 2.27. The first-order valence-corrected chi connectivity index (χ1v) is 4.94. The van der Waals surface area contributed by atoms with Gasteiger partial charge in [-0.05, 0) is 17.7 Å². The number of nitrogens with zero attached hydrogens (tertiary/aromatic N) is 1. The number of rotatable bonds is 3. The Hall–Kier alpha value is -1.39. The molecule has 0 bridgehead atoms. The van der Waals surface area contributed by atoms with Crippen LogP contribution in [0.25, 0.3) is 0 Å². The number of carbonyl (C=O) groups is 1. The van der Waals surface area contributed by atoms with Gasteiger partial charge in [-0.25, -0.2) is 10.9 Å². The van der Waals surface area contributed by atoms with Crippen LogP contribution in [-0.2, 0) is 11.3 Å². The molecule has 0 heterocycles. The van der Waals surface area contributed by atoms with Crippen LogP contribution in [0.2, 0.25) is 0 Å². The van der Waals surface area contributed by atoms with Crippen LogP contribution in [0.5, 0.6) is 0 Å². The molecular formula is C11H17N3O. The smallest absolute Gasteiger partial charge is 0.243 e. The van der Waals surface area contributed by atoms with Gasteiger partial charge in [-0.2, -0.15) is 0 Å². The van der Waals surface area contributed by atoms with Gasteiger partial charge in [-0.3, -0.25) is 4.79 Å². The zero-order chi connectivity index (χ0) is 11.4. The van der Waals surface area contributed by atoms with Crippen LogP contribution >= 0.6 is 0 Å². The maximum absolute atomic E-state index is 11.6. The predicted molar refractivity (Wildman–Crippen MR) is 60.8 cm³/mol. The van der Waals surface area contributed by atoms with E-state index in [-0.39, 0.29) is 11.8 Å². The van der Waals surface area contributed by atoms with Crippen molar-refractivity contribution in [2.24, 2.45) is 17.5 Å². The molecule has 0 aliphatic carbocycles. The maximum Gasteiger partial charge on any atom is 0.243 e. The molecule has 1 amide bonds. The third-order valence-corrected chi connectivity index (χ3v) is 2.18. The fourth-order valence-corrected chi connectivity index (χ4v) is 1.20. The molecule has 0 aromatic heterocycles. The highest BCUT2D eigenvalue weighted by Gasteiger charge is 2.14. The van der Waals surface area contributed by atoms with Gasteiger partial charge in [0.25, 0.3) is 0 Å². The number of nitrogens with two attached hydrogens (primary N) is 2. The fraction of sp³-hybridized carbons (Fsp3) is 0.364. The van der Waals surface area contributed by atoms with Gasteiger partial charge in [0, 0.05) is 12.5 Å². The molecule has 0 atom stereocenters. The summed E-state index contributed by atoms with van der Waals surface area (Å²) in [5.41, 5.74) is 7.18. The van der Waals surface area contributed by atoms with Crippen molar-refractivity contribution in [3.8, 4) is 0 Å². The van der Waals surface area contributed by atoms with Crippen LogP contribution in [0.4, 0.5) is 5.69 Å². The number of anilines is 1. The minimum atomic E-state index is -0.107. The topological polar surface area (TPSA) is 72.3 Å². The Bertz CT molecular complexity index is 332. The highest BCUT2D eigenvalue weighted by Crippen LogP contribution is 2.14. The van der Waals surface area contributed by atoms with Crippen LogP contribution in [0, 0.1) is 5.92 Å². The van der Waals surface area contributed by atoms with E-state index in [1.54, 1.807) is 12.1 Å². The van der Waals surface area contributed by atoms with Crippen LogP contribution in [0.15, 0.2) is 24.3 Å². The first-order chi connectivity index (χ1) is 7.06. The molecule has 0 saturated carbocycles. The van der Waals surface area contributed by atoms with Crippen molar-refractivity contribution in [1.82, 2.24) is 0 Å². The summed E-state index contributed by atoms with van der Waals surface area (Å²) < 4.78 is 0. The summed E-state index contributed by atoms with van der Waals surface area (Å²) in [5, 5.41) is 1.17. The largest absolute Gasteiger partial charge is 0.326 e. The lowest BCUT2D eigenvalue weighted by Crippen LogP contribution is -2.40. The van der Waals surface area contributed by atoms with E-state index in [4.69, 9.17) is 11.6 Å². The first-order valence-electron chi connectivity index (χ1n) is 4.94. The standard InChI is InChI=1S/C11H17N3O/c1-8(2)11(15)14(13)10-5-3-9(7-12)4-6-10/h3-6,8H,7,12-13H2,1-2H3. The molecule has 15 heavy (non-hydrogen) atoms. The summed E-state index contributed by atoms with van der Waals surface area (Å²) >= 11 is 0. The first kappa shape index (κ1) is 11.7. The van der Waals surface area contributed by atoms with Gasteiger partial charge in [0.1, 0.15) is 0 Å². The Morgan fingerprint density at radius 2 is 1.87 bits per heavy atom. The molecule has 1 aromatic rings. The second-order valence-electron chi connectivity index (χ2n) is 3.73. The van der Waals surface area contributed by atoms with Crippen LogP contribution in [-0.4, -0.2) is 5.91 Å². The molecule has 0 fully saturated rings.